The largest absolute Gasteiger partial charge is 0.381 e. The fraction of sp³-hybridized carbons (Fsp3) is 0.550. The molecule has 2 heterocycles. The first-order valence-electron chi connectivity index (χ1n) is 9.12. The number of H-pyrrole nitrogens is 1. The Bertz CT molecular complexity index is 798. The van der Waals surface area contributed by atoms with Crippen LogP contribution in [0.3, 0.4) is 0 Å². The van der Waals surface area contributed by atoms with Gasteiger partial charge in [-0.15, -0.1) is 0 Å². The number of benzene rings is 1. The molecule has 1 amide bonds. The van der Waals surface area contributed by atoms with Crippen LogP contribution in [-0.2, 0) is 9.47 Å². The molecule has 1 saturated carbocycles. The molecule has 25 heavy (non-hydrogen) atoms. The van der Waals surface area contributed by atoms with E-state index >= 15 is 0 Å². The first-order chi connectivity index (χ1) is 12.1. The fourth-order valence-corrected chi connectivity index (χ4v) is 4.30. The van der Waals surface area contributed by atoms with Crippen molar-refractivity contribution < 1.29 is 14.3 Å². The molecule has 0 unspecified atom stereocenters. The van der Waals surface area contributed by atoms with Crippen molar-refractivity contribution in [1.29, 1.82) is 0 Å². The van der Waals surface area contributed by atoms with Crippen LogP contribution < -0.4 is 0 Å². The molecule has 1 aliphatic carbocycles. The van der Waals surface area contributed by atoms with Crippen LogP contribution in [0.5, 0.6) is 0 Å². The second-order valence-electron chi connectivity index (χ2n) is 7.28. The molecule has 5 nitrogen and oxygen atoms in total. The number of hydrogen-bond acceptors (Lipinski definition) is 3. The van der Waals surface area contributed by atoms with Gasteiger partial charge in [-0.2, -0.15) is 0 Å². The molecular formula is C20H26N2O3. The van der Waals surface area contributed by atoms with Gasteiger partial charge in [-0.25, -0.2) is 0 Å². The van der Waals surface area contributed by atoms with Crippen molar-refractivity contribution >= 4 is 16.8 Å². The second kappa shape index (κ2) is 6.46. The lowest BCUT2D eigenvalue weighted by Gasteiger charge is -2.45. The van der Waals surface area contributed by atoms with Gasteiger partial charge < -0.3 is 19.4 Å². The van der Waals surface area contributed by atoms with Gasteiger partial charge in [0.1, 0.15) is 0 Å². The van der Waals surface area contributed by atoms with Gasteiger partial charge in [0.2, 0.25) is 0 Å². The van der Waals surface area contributed by atoms with E-state index < -0.39 is 0 Å². The lowest BCUT2D eigenvalue weighted by atomic mass is 9.87. The molecule has 0 radical (unpaired) electrons. The maximum absolute atomic E-state index is 13.2. The summed E-state index contributed by atoms with van der Waals surface area (Å²) in [4.78, 5) is 18.6. The van der Waals surface area contributed by atoms with Crippen molar-refractivity contribution in [3.05, 3.63) is 35.0 Å². The topological polar surface area (TPSA) is 54.6 Å². The minimum Gasteiger partial charge on any atom is -0.381 e. The molecule has 3 atom stereocenters. The summed E-state index contributed by atoms with van der Waals surface area (Å²) in [7, 11) is 1.76. The number of carbonyl (C=O) groups excluding carboxylic acids is 1. The summed E-state index contributed by atoms with van der Waals surface area (Å²) in [6.07, 6.45) is 3.19. The quantitative estimate of drug-likeness (QED) is 0.912. The molecule has 5 heteroatoms. The van der Waals surface area contributed by atoms with E-state index in [1.165, 1.54) is 5.56 Å². The van der Waals surface area contributed by atoms with E-state index in [0.29, 0.717) is 13.2 Å². The Hall–Kier alpha value is -1.85. The first-order valence-corrected chi connectivity index (χ1v) is 9.12. The predicted molar refractivity (Wildman–Crippen MR) is 97.0 cm³/mol. The number of methoxy groups -OCH3 is 1. The maximum Gasteiger partial charge on any atom is 0.254 e. The van der Waals surface area contributed by atoms with Gasteiger partial charge in [0.15, 0.2) is 0 Å². The number of ether oxygens (including phenoxy) is 2. The number of amides is 1. The van der Waals surface area contributed by atoms with E-state index in [1.54, 1.807) is 7.11 Å². The Labute approximate surface area is 148 Å². The molecular weight excluding hydrogens is 316 g/mol. The number of aromatic nitrogens is 1. The molecule has 2 aromatic rings. The summed E-state index contributed by atoms with van der Waals surface area (Å²) < 4.78 is 11.5. The summed E-state index contributed by atoms with van der Waals surface area (Å²) in [5.41, 5.74) is 4.21. The highest BCUT2D eigenvalue weighted by Gasteiger charge is 2.40. The average Bonchev–Trinajstić information content (AvgIpc) is 2.93. The van der Waals surface area contributed by atoms with Crippen molar-refractivity contribution in [1.82, 2.24) is 9.88 Å². The lowest BCUT2D eigenvalue weighted by molar-refractivity contribution is -0.101. The minimum absolute atomic E-state index is 0.107. The minimum atomic E-state index is 0.107. The first kappa shape index (κ1) is 16.6. The monoisotopic (exact) mass is 342 g/mol. The van der Waals surface area contributed by atoms with Crippen LogP contribution in [0.15, 0.2) is 18.2 Å². The van der Waals surface area contributed by atoms with Crippen molar-refractivity contribution in [3.63, 3.8) is 0 Å². The van der Waals surface area contributed by atoms with E-state index in [4.69, 9.17) is 9.47 Å². The third-order valence-corrected chi connectivity index (χ3v) is 5.92. The standard InChI is InChI=1S/C20H26N2O3/c1-12-13(2)21-17-6-4-14(10-16(12)17)20(23)22-8-9-25-19-7-5-15(24-3)11-18(19)22/h4,6,10,15,18-19,21H,5,7-9,11H2,1-3H3/t15-,18+,19-/m0/s1. The van der Waals surface area contributed by atoms with Gasteiger partial charge in [-0.1, -0.05) is 0 Å². The van der Waals surface area contributed by atoms with Gasteiger partial charge >= 0.3 is 0 Å². The lowest BCUT2D eigenvalue weighted by Crippen LogP contribution is -2.56. The molecule has 1 aromatic heterocycles. The van der Waals surface area contributed by atoms with Gasteiger partial charge in [0, 0.05) is 35.8 Å². The van der Waals surface area contributed by atoms with E-state index in [9.17, 15) is 4.79 Å². The van der Waals surface area contributed by atoms with Crippen LogP contribution in [-0.4, -0.2) is 54.3 Å². The van der Waals surface area contributed by atoms with Crippen LogP contribution in [0.1, 0.15) is 40.9 Å². The normalized spacial score (nSPS) is 26.7. The average molecular weight is 342 g/mol. The zero-order valence-electron chi connectivity index (χ0n) is 15.2. The zero-order chi connectivity index (χ0) is 17.6. The van der Waals surface area contributed by atoms with E-state index in [1.807, 2.05) is 23.1 Å². The second-order valence-corrected chi connectivity index (χ2v) is 7.28. The molecule has 1 N–H and O–H groups in total. The van der Waals surface area contributed by atoms with E-state index in [-0.39, 0.29) is 24.2 Å². The molecule has 4 rings (SSSR count). The van der Waals surface area contributed by atoms with Crippen LogP contribution in [0.4, 0.5) is 0 Å². The summed E-state index contributed by atoms with van der Waals surface area (Å²) in [5.74, 6) is 0.107. The van der Waals surface area contributed by atoms with Gasteiger partial charge in [-0.05, 0) is 56.9 Å². The highest BCUT2D eigenvalue weighted by Crippen LogP contribution is 2.31. The summed E-state index contributed by atoms with van der Waals surface area (Å²) in [5, 5.41) is 1.13. The smallest absolute Gasteiger partial charge is 0.254 e. The summed E-state index contributed by atoms with van der Waals surface area (Å²) >= 11 is 0. The molecule has 1 saturated heterocycles. The zero-order valence-corrected chi connectivity index (χ0v) is 15.2. The number of aromatic amines is 1. The summed E-state index contributed by atoms with van der Waals surface area (Å²) in [6.45, 7) is 5.43. The Balaban J connectivity index is 1.63. The number of nitrogens with one attached hydrogen (secondary N) is 1. The van der Waals surface area contributed by atoms with Gasteiger partial charge in [-0.3, -0.25) is 4.79 Å². The number of fused-ring (bicyclic) bond motifs is 2. The predicted octanol–water partition coefficient (Wildman–Crippen LogP) is 3.19. The van der Waals surface area contributed by atoms with Crippen molar-refractivity contribution in [2.45, 2.75) is 51.4 Å². The Morgan fingerprint density at radius 3 is 2.96 bits per heavy atom. The van der Waals surface area contributed by atoms with E-state index in [2.05, 4.69) is 18.8 Å². The molecule has 2 fully saturated rings. The third-order valence-electron chi connectivity index (χ3n) is 5.92. The molecule has 0 spiro atoms. The Morgan fingerprint density at radius 2 is 2.16 bits per heavy atom. The molecule has 1 aromatic carbocycles. The Morgan fingerprint density at radius 1 is 1.32 bits per heavy atom. The SMILES string of the molecule is CO[C@H]1CC[C@@H]2OCCN(C(=O)c3ccc4[nH]c(C)c(C)c4c3)[C@@H]2C1. The van der Waals surface area contributed by atoms with Crippen LogP contribution in [0.2, 0.25) is 0 Å². The van der Waals surface area contributed by atoms with Crippen LogP contribution in [0.25, 0.3) is 10.9 Å². The number of rotatable bonds is 2. The molecule has 0 bridgehead atoms. The number of aryl methyl sites for hydroxylation is 2. The maximum atomic E-state index is 13.2. The van der Waals surface area contributed by atoms with Crippen LogP contribution in [0, 0.1) is 13.8 Å². The van der Waals surface area contributed by atoms with Crippen LogP contribution >= 0.6 is 0 Å². The van der Waals surface area contributed by atoms with Gasteiger partial charge in [0.05, 0.1) is 24.9 Å². The molecule has 134 valence electrons. The number of carbonyl (C=O) groups is 1. The third kappa shape index (κ3) is 2.85. The van der Waals surface area contributed by atoms with Crippen molar-refractivity contribution in [2.24, 2.45) is 0 Å². The van der Waals surface area contributed by atoms with E-state index in [0.717, 1.165) is 41.4 Å². The summed E-state index contributed by atoms with van der Waals surface area (Å²) in [6, 6.07) is 6.09. The van der Waals surface area contributed by atoms with Crippen molar-refractivity contribution in [2.75, 3.05) is 20.3 Å². The van der Waals surface area contributed by atoms with Crippen molar-refractivity contribution in [3.8, 4) is 0 Å². The fourth-order valence-electron chi connectivity index (χ4n) is 4.30. The molecule has 2 aliphatic rings. The number of morpholine rings is 1. The molecule has 1 aliphatic heterocycles. The highest BCUT2D eigenvalue weighted by molar-refractivity contribution is 5.99. The highest BCUT2D eigenvalue weighted by atomic mass is 16.5. The van der Waals surface area contributed by atoms with Gasteiger partial charge in [0.25, 0.3) is 5.91 Å². The Kier molecular flexibility index (Phi) is 4.29. The number of hydrogen-bond donors (Lipinski definition) is 1. The number of nitrogens with zero attached hydrogens (tertiary/aromatic N) is 1.